The van der Waals surface area contributed by atoms with Gasteiger partial charge in [0.1, 0.15) is 0 Å². The van der Waals surface area contributed by atoms with Gasteiger partial charge in [-0.1, -0.05) is 194 Å². The second-order valence-corrected chi connectivity index (χ2v) is 6.55. The zero-order chi connectivity index (χ0) is 31.3. The first kappa shape index (κ1) is 52.0. The maximum absolute atomic E-state index is 5.83. The second kappa shape index (κ2) is 70.1. The van der Waals surface area contributed by atoms with Crippen LogP contribution in [0.5, 0.6) is 0 Å². The number of nitrogens with zero attached hydrogens (tertiary/aromatic N) is 1. The quantitative estimate of drug-likeness (QED) is 0.301. The van der Waals surface area contributed by atoms with Crippen molar-refractivity contribution in [2.75, 3.05) is 20.6 Å². The Bertz CT molecular complexity index is 556. The number of hydrogen-bond donors (Lipinski definition) is 2. The summed E-state index contributed by atoms with van der Waals surface area (Å²) in [7, 11) is 3.35. The van der Waals surface area contributed by atoms with Gasteiger partial charge < -0.3 is 5.32 Å². The molecule has 0 bridgehead atoms. The van der Waals surface area contributed by atoms with Gasteiger partial charge in [-0.25, -0.2) is 10.6 Å². The molecule has 38 heavy (non-hydrogen) atoms. The van der Waals surface area contributed by atoms with E-state index in [4.69, 9.17) is 5.53 Å². The van der Waals surface area contributed by atoms with Crippen LogP contribution in [-0.4, -0.2) is 20.6 Å². The summed E-state index contributed by atoms with van der Waals surface area (Å²) in [6, 6.07) is 28.7. The molecule has 0 fully saturated rings. The van der Waals surface area contributed by atoms with E-state index < -0.39 is 0 Å². The minimum Gasteiger partial charge on any atom is -0.320 e. The van der Waals surface area contributed by atoms with E-state index >= 15 is 0 Å². The zero-order valence-electron chi connectivity index (χ0n) is 28.4. The van der Waals surface area contributed by atoms with Gasteiger partial charge in [0.15, 0.2) is 0 Å². The fraction of sp³-hybridized carbons (Fsp3) is 0.543. The molecule has 3 nitrogen and oxygen atoms in total. The molecule has 0 saturated heterocycles. The van der Waals surface area contributed by atoms with E-state index in [1.54, 1.807) is 0 Å². The molecule has 3 aromatic rings. The van der Waals surface area contributed by atoms with E-state index in [9.17, 15) is 0 Å². The molecular formula is C35H69N3. The highest BCUT2D eigenvalue weighted by molar-refractivity contribution is 5.81. The summed E-state index contributed by atoms with van der Waals surface area (Å²) in [5.74, 6) is 0. The Labute approximate surface area is 241 Å². The molecule has 0 aliphatic rings. The van der Waals surface area contributed by atoms with Gasteiger partial charge in [-0.15, -0.1) is 0 Å². The Balaban J connectivity index is -0.0000000608. The molecule has 0 amide bonds. The monoisotopic (exact) mass is 532 g/mol. The Hall–Kier alpha value is -2.52. The molecular weight excluding hydrogens is 462 g/mol. The smallest absolute Gasteiger partial charge is 0.0485 e. The molecule has 0 atom stereocenters. The van der Waals surface area contributed by atoms with Crippen LogP contribution in [0.3, 0.4) is 0 Å². The van der Waals surface area contributed by atoms with E-state index in [1.807, 2.05) is 85.0 Å². The maximum Gasteiger partial charge on any atom is 0.0485 e. The van der Waals surface area contributed by atoms with E-state index in [0.29, 0.717) is 0 Å². The summed E-state index contributed by atoms with van der Waals surface area (Å²) in [6.07, 6.45) is 3.75. The topological polar surface area (TPSA) is 48.2 Å². The summed E-state index contributed by atoms with van der Waals surface area (Å²) in [4.78, 5) is 0. The summed E-state index contributed by atoms with van der Waals surface area (Å²) >= 11 is 0. The maximum atomic E-state index is 5.83. The summed E-state index contributed by atoms with van der Waals surface area (Å²) in [5, 5.41) is 8.30. The summed E-state index contributed by atoms with van der Waals surface area (Å²) in [5.41, 5.74) is 5.83. The first-order valence-corrected chi connectivity index (χ1v) is 14.9. The molecule has 0 saturated carbocycles. The predicted molar refractivity (Wildman–Crippen MR) is 183 cm³/mol. The minimum absolute atomic E-state index is 1.07. The van der Waals surface area contributed by atoms with E-state index in [0.717, 1.165) is 6.54 Å². The highest BCUT2D eigenvalue weighted by Crippen LogP contribution is 2.11. The third-order valence-corrected chi connectivity index (χ3v) is 2.68. The lowest BCUT2D eigenvalue weighted by atomic mass is 10.1. The van der Waals surface area contributed by atoms with Gasteiger partial charge in [-0.05, 0) is 24.4 Å². The van der Waals surface area contributed by atoms with Gasteiger partial charge in [0.25, 0.3) is 0 Å². The molecule has 224 valence electrons. The zero-order valence-corrected chi connectivity index (χ0v) is 28.4. The molecule has 2 N–H and O–H groups in total. The first-order chi connectivity index (χ1) is 18.5. The van der Waals surface area contributed by atoms with E-state index in [-0.39, 0.29) is 0 Å². The van der Waals surface area contributed by atoms with Crippen LogP contribution >= 0.6 is 0 Å². The lowest BCUT2D eigenvalue weighted by Gasteiger charge is -1.92. The highest BCUT2D eigenvalue weighted by Gasteiger charge is 1.85. The molecule has 0 aliphatic carbocycles. The molecule has 0 heterocycles. The minimum atomic E-state index is 1.07. The van der Waals surface area contributed by atoms with Gasteiger partial charge in [-0.2, -0.15) is 0 Å². The molecule has 0 aliphatic heterocycles. The van der Waals surface area contributed by atoms with Gasteiger partial charge in [0, 0.05) is 7.05 Å². The molecule has 3 aromatic carbocycles. The van der Waals surface area contributed by atoms with Gasteiger partial charge in [0.05, 0.1) is 0 Å². The van der Waals surface area contributed by atoms with Crippen LogP contribution in [-0.2, 0) is 0 Å². The van der Waals surface area contributed by atoms with Crippen molar-refractivity contribution in [1.29, 1.82) is 5.53 Å². The van der Waals surface area contributed by atoms with E-state index in [2.05, 4.69) is 107 Å². The van der Waals surface area contributed by atoms with Crippen LogP contribution < -0.4 is 5.32 Å². The van der Waals surface area contributed by atoms with Crippen molar-refractivity contribution >= 4 is 10.8 Å². The highest BCUT2D eigenvalue weighted by atomic mass is 14.9. The lowest BCUT2D eigenvalue weighted by Crippen LogP contribution is -2.01. The Morgan fingerprint density at radius 1 is 0.500 bits per heavy atom. The fourth-order valence-electron chi connectivity index (χ4n) is 1.52. The molecule has 0 unspecified atom stereocenters. The van der Waals surface area contributed by atoms with Crippen molar-refractivity contribution in [2.24, 2.45) is 5.11 Å². The molecule has 3 heteroatoms. The molecule has 0 spiro atoms. The number of hydrogen-bond acceptors (Lipinski definition) is 3. The van der Waals surface area contributed by atoms with Crippen LogP contribution in [0.15, 0.2) is 90.0 Å². The van der Waals surface area contributed by atoms with Crippen LogP contribution in [0.25, 0.3) is 10.8 Å². The number of fused-ring (bicyclic) bond motifs is 1. The normalized spacial score (nSPS) is 6.92. The average Bonchev–Trinajstić information content (AvgIpc) is 2.99. The predicted octanol–water partition coefficient (Wildman–Crippen LogP) is 12.7. The Kier molecular flexibility index (Phi) is 95.9. The Morgan fingerprint density at radius 2 is 0.632 bits per heavy atom. The largest absolute Gasteiger partial charge is 0.320 e. The standard InChI is InChI=1S/C10H8.C6H6.C3H9N.3C3H8.3C2H6.CH4N2/c1-2-6-10-8-4-3-7-9(10)5-1;1-2-4-6-5-3-1;1-3-4-2;3*1-3-2;3*1-2;1-3-2/h1-8H;1-6H;4H,3H2,1-2H3;3*3H2,1-2H3;3*1-2H3;2H,1H3. The van der Waals surface area contributed by atoms with Gasteiger partial charge in [0.2, 0.25) is 0 Å². The number of benzene rings is 3. The summed E-state index contributed by atoms with van der Waals surface area (Å²) < 4.78 is 0. The van der Waals surface area contributed by atoms with Crippen molar-refractivity contribution in [3.8, 4) is 0 Å². The number of nitrogens with one attached hydrogen (secondary N) is 2. The van der Waals surface area contributed by atoms with Crippen molar-refractivity contribution in [3.05, 3.63) is 84.9 Å². The van der Waals surface area contributed by atoms with Gasteiger partial charge in [-0.3, -0.25) is 0 Å². The molecule has 0 radical (unpaired) electrons. The summed E-state index contributed by atoms with van der Waals surface area (Å²) in [6.45, 7) is 27.9. The fourth-order valence-corrected chi connectivity index (χ4v) is 1.52. The van der Waals surface area contributed by atoms with Crippen LogP contribution in [0, 0.1) is 5.53 Å². The van der Waals surface area contributed by atoms with Crippen molar-refractivity contribution in [1.82, 2.24) is 5.32 Å². The Morgan fingerprint density at radius 3 is 0.737 bits per heavy atom. The van der Waals surface area contributed by atoms with Crippen LogP contribution in [0.4, 0.5) is 0 Å². The number of rotatable bonds is 1. The van der Waals surface area contributed by atoms with Crippen molar-refractivity contribution < 1.29 is 0 Å². The van der Waals surface area contributed by atoms with Crippen LogP contribution in [0.1, 0.15) is 109 Å². The first-order valence-electron chi connectivity index (χ1n) is 14.9. The van der Waals surface area contributed by atoms with Gasteiger partial charge >= 0.3 is 0 Å². The van der Waals surface area contributed by atoms with Crippen molar-refractivity contribution in [2.45, 2.75) is 109 Å². The van der Waals surface area contributed by atoms with Crippen LogP contribution in [0.2, 0.25) is 0 Å². The second-order valence-electron chi connectivity index (χ2n) is 6.55. The average molecular weight is 532 g/mol. The third kappa shape index (κ3) is 69.9. The lowest BCUT2D eigenvalue weighted by molar-refractivity contribution is 0.864. The third-order valence-electron chi connectivity index (χ3n) is 2.68. The molecule has 0 aromatic heterocycles. The SMILES string of the molecule is CC.CC.CC.CCC.CCC.CCC.CCNC.CN=N.c1ccc2ccccc2c1.c1ccccc1. The van der Waals surface area contributed by atoms with E-state index in [1.165, 1.54) is 37.1 Å². The van der Waals surface area contributed by atoms with Crippen molar-refractivity contribution in [3.63, 3.8) is 0 Å². The molecule has 3 rings (SSSR count).